The topological polar surface area (TPSA) is 18.5 Å². The summed E-state index contributed by atoms with van der Waals surface area (Å²) >= 11 is 0. The van der Waals surface area contributed by atoms with Gasteiger partial charge in [0.15, 0.2) is 0 Å². The van der Waals surface area contributed by atoms with E-state index >= 15 is 0 Å². The predicted octanol–water partition coefficient (Wildman–Crippen LogP) is 6.56. The van der Waals surface area contributed by atoms with Crippen LogP contribution >= 0.6 is 0 Å². The van der Waals surface area contributed by atoms with Crippen molar-refractivity contribution in [1.29, 1.82) is 0 Å². The molecule has 0 atom stereocenters. The first kappa shape index (κ1) is 21.7. The van der Waals surface area contributed by atoms with Crippen LogP contribution < -0.4 is 0 Å². The Morgan fingerprint density at radius 3 is 1.27 bits per heavy atom. The van der Waals surface area contributed by atoms with Gasteiger partial charge in [0.25, 0.3) is 0 Å². The lowest BCUT2D eigenvalue weighted by Crippen LogP contribution is -2.21. The maximum Gasteiger partial charge on any atom is 0.0647 e. The second-order valence-corrected chi connectivity index (χ2v) is 8.56. The highest BCUT2D eigenvalue weighted by atomic mass is 16.5. The zero-order valence-corrected chi connectivity index (χ0v) is 17.3. The van der Waals surface area contributed by atoms with E-state index in [2.05, 4.69) is 38.2 Å². The van der Waals surface area contributed by atoms with Crippen molar-refractivity contribution in [3.63, 3.8) is 0 Å². The van der Waals surface area contributed by atoms with E-state index in [0.29, 0.717) is 0 Å². The monoisotopic (exact) mass is 362 g/mol. The van der Waals surface area contributed by atoms with E-state index < -0.39 is 0 Å². The fraction of sp³-hybridized carbons (Fsp3) is 0.833. The lowest BCUT2D eigenvalue weighted by molar-refractivity contribution is 0.0877. The van der Waals surface area contributed by atoms with Gasteiger partial charge in [0, 0.05) is 13.2 Å². The van der Waals surface area contributed by atoms with Gasteiger partial charge in [-0.25, -0.2) is 0 Å². The molecule has 0 bridgehead atoms. The molecule has 0 unspecified atom stereocenters. The fourth-order valence-corrected chi connectivity index (χ4v) is 4.64. The first-order chi connectivity index (χ1) is 12.8. The summed E-state index contributed by atoms with van der Waals surface area (Å²) in [6, 6.07) is 0. The average Bonchev–Trinajstić information content (AvgIpc) is 2.69. The highest BCUT2D eigenvalue weighted by molar-refractivity contribution is 4.79. The van der Waals surface area contributed by atoms with Crippen LogP contribution in [0, 0.1) is 23.7 Å². The first-order valence-corrected chi connectivity index (χ1v) is 11.2. The zero-order valence-electron chi connectivity index (χ0n) is 17.3. The van der Waals surface area contributed by atoms with Gasteiger partial charge >= 0.3 is 0 Å². The number of hydrogen-bond donors (Lipinski definition) is 0. The summed E-state index contributed by atoms with van der Waals surface area (Å²) in [4.78, 5) is 0. The van der Waals surface area contributed by atoms with Crippen molar-refractivity contribution in [3.8, 4) is 0 Å². The molecule has 2 rings (SSSR count). The largest absolute Gasteiger partial charge is 0.377 e. The Labute approximate surface area is 162 Å². The summed E-state index contributed by atoms with van der Waals surface area (Å²) in [5.74, 6) is 3.61. The van der Waals surface area contributed by atoms with Crippen molar-refractivity contribution in [3.05, 3.63) is 24.3 Å². The van der Waals surface area contributed by atoms with Crippen molar-refractivity contribution in [2.75, 3.05) is 26.4 Å². The van der Waals surface area contributed by atoms with E-state index in [0.717, 1.165) is 50.1 Å². The van der Waals surface area contributed by atoms with Crippen LogP contribution in [-0.2, 0) is 9.47 Å². The maximum atomic E-state index is 5.75. The minimum absolute atomic E-state index is 0.791. The fourth-order valence-electron chi connectivity index (χ4n) is 4.64. The molecule has 0 radical (unpaired) electrons. The lowest BCUT2D eigenvalue weighted by Gasteiger charge is -2.31. The molecule has 150 valence electrons. The minimum Gasteiger partial charge on any atom is -0.377 e. The quantitative estimate of drug-likeness (QED) is 0.306. The Hall–Kier alpha value is -0.600. The molecule has 2 aliphatic carbocycles. The molecule has 2 fully saturated rings. The Bertz CT molecular complexity index is 347. The SMILES string of the molecule is C/C=C\COCC1CCC(CCC2CCC(COC/C=C\C)CC2)CC1. The van der Waals surface area contributed by atoms with Crippen molar-refractivity contribution in [2.24, 2.45) is 23.7 Å². The van der Waals surface area contributed by atoms with Crippen LogP contribution in [0.5, 0.6) is 0 Å². The summed E-state index contributed by atoms with van der Waals surface area (Å²) in [6.45, 7) is 7.63. The normalized spacial score (nSPS) is 30.4. The molecule has 0 amide bonds. The smallest absolute Gasteiger partial charge is 0.0647 e. The molecule has 2 saturated carbocycles. The lowest BCUT2D eigenvalue weighted by atomic mass is 9.76. The number of rotatable bonds is 11. The number of hydrogen-bond acceptors (Lipinski definition) is 2. The van der Waals surface area contributed by atoms with Gasteiger partial charge in [-0.3, -0.25) is 0 Å². The van der Waals surface area contributed by atoms with E-state index in [1.807, 2.05) is 0 Å². The van der Waals surface area contributed by atoms with Crippen LogP contribution in [0.3, 0.4) is 0 Å². The van der Waals surface area contributed by atoms with Gasteiger partial charge in [-0.2, -0.15) is 0 Å². The molecule has 0 aromatic rings. The molecule has 0 aromatic heterocycles. The van der Waals surface area contributed by atoms with Crippen LogP contribution in [0.2, 0.25) is 0 Å². The van der Waals surface area contributed by atoms with E-state index in [4.69, 9.17) is 9.47 Å². The molecule has 2 aliphatic rings. The van der Waals surface area contributed by atoms with Crippen molar-refractivity contribution in [2.45, 2.75) is 78.1 Å². The first-order valence-electron chi connectivity index (χ1n) is 11.2. The van der Waals surface area contributed by atoms with E-state index in [1.54, 1.807) is 0 Å². The van der Waals surface area contributed by atoms with Gasteiger partial charge in [-0.1, -0.05) is 62.8 Å². The molecular formula is C24H42O2. The van der Waals surface area contributed by atoms with Gasteiger partial charge in [0.2, 0.25) is 0 Å². The maximum absolute atomic E-state index is 5.75. The highest BCUT2D eigenvalue weighted by Crippen LogP contribution is 2.36. The third-order valence-corrected chi connectivity index (χ3v) is 6.52. The molecule has 26 heavy (non-hydrogen) atoms. The highest BCUT2D eigenvalue weighted by Gasteiger charge is 2.24. The number of allylic oxidation sites excluding steroid dienone is 2. The van der Waals surface area contributed by atoms with Crippen molar-refractivity contribution < 1.29 is 9.47 Å². The zero-order chi connectivity index (χ0) is 18.5. The van der Waals surface area contributed by atoms with Gasteiger partial charge in [-0.15, -0.1) is 0 Å². The Morgan fingerprint density at radius 2 is 0.923 bits per heavy atom. The van der Waals surface area contributed by atoms with Crippen LogP contribution in [-0.4, -0.2) is 26.4 Å². The van der Waals surface area contributed by atoms with Crippen LogP contribution in [0.25, 0.3) is 0 Å². The second kappa shape index (κ2) is 13.6. The Kier molecular flexibility index (Phi) is 11.3. The molecule has 0 saturated heterocycles. The Morgan fingerprint density at radius 1 is 0.577 bits per heavy atom. The third kappa shape index (κ3) is 8.86. The molecule has 0 aliphatic heterocycles. The van der Waals surface area contributed by atoms with Gasteiger partial charge < -0.3 is 9.47 Å². The van der Waals surface area contributed by atoms with Crippen LogP contribution in [0.1, 0.15) is 78.1 Å². The summed E-state index contributed by atoms with van der Waals surface area (Å²) in [7, 11) is 0. The molecule has 0 heterocycles. The average molecular weight is 363 g/mol. The van der Waals surface area contributed by atoms with Gasteiger partial charge in [-0.05, 0) is 63.2 Å². The standard InChI is InChI=1S/C24H42O2/c1-3-5-17-25-19-23-13-9-21(10-14-23)7-8-22-11-15-24(16-12-22)20-26-18-6-4-2/h3-6,21-24H,7-20H2,1-2H3/b5-3-,6-4-. The third-order valence-electron chi connectivity index (χ3n) is 6.52. The summed E-state index contributed by atoms with van der Waals surface area (Å²) in [5, 5.41) is 0. The van der Waals surface area contributed by atoms with E-state index in [-0.39, 0.29) is 0 Å². The molecule has 0 aromatic carbocycles. The molecule has 2 nitrogen and oxygen atoms in total. The predicted molar refractivity (Wildman–Crippen MR) is 111 cm³/mol. The molecule has 2 heteroatoms. The summed E-state index contributed by atoms with van der Waals surface area (Å²) in [6.07, 6.45) is 22.6. The molecule has 0 spiro atoms. The summed E-state index contributed by atoms with van der Waals surface area (Å²) < 4.78 is 11.5. The van der Waals surface area contributed by atoms with Crippen LogP contribution in [0.4, 0.5) is 0 Å². The Balaban J connectivity index is 1.49. The van der Waals surface area contributed by atoms with Crippen molar-refractivity contribution in [1.82, 2.24) is 0 Å². The molecule has 0 N–H and O–H groups in total. The van der Waals surface area contributed by atoms with Gasteiger partial charge in [0.05, 0.1) is 13.2 Å². The van der Waals surface area contributed by atoms with Crippen molar-refractivity contribution >= 4 is 0 Å². The molecular weight excluding hydrogens is 320 g/mol. The minimum atomic E-state index is 0.791. The summed E-state index contributed by atoms with van der Waals surface area (Å²) in [5.41, 5.74) is 0. The van der Waals surface area contributed by atoms with Crippen LogP contribution in [0.15, 0.2) is 24.3 Å². The van der Waals surface area contributed by atoms with Gasteiger partial charge in [0.1, 0.15) is 0 Å². The number of ether oxygens (including phenoxy) is 2. The second-order valence-electron chi connectivity index (χ2n) is 8.56. The van der Waals surface area contributed by atoms with E-state index in [1.165, 1.54) is 64.2 Å². The van der Waals surface area contributed by atoms with E-state index in [9.17, 15) is 0 Å².